The molecule has 1 unspecified atom stereocenters. The van der Waals surface area contributed by atoms with E-state index in [1.807, 2.05) is 12.1 Å². The molecule has 108 valence electrons. The van der Waals surface area contributed by atoms with Crippen LogP contribution in [0.25, 0.3) is 0 Å². The number of hydrogen-bond acceptors (Lipinski definition) is 3. The maximum absolute atomic E-state index is 12.4. The average molecular weight is 273 g/mol. The van der Waals surface area contributed by atoms with Crippen molar-refractivity contribution in [1.82, 2.24) is 4.90 Å². The zero-order valence-corrected chi connectivity index (χ0v) is 12.1. The lowest BCUT2D eigenvalue weighted by molar-refractivity contribution is -0.122. The van der Waals surface area contributed by atoms with Crippen LogP contribution >= 0.6 is 0 Å². The molecule has 1 aliphatic carbocycles. The highest BCUT2D eigenvalue weighted by Gasteiger charge is 2.33. The number of nitrogen functional groups attached to an aromatic ring is 1. The van der Waals surface area contributed by atoms with Gasteiger partial charge in [0.1, 0.15) is 0 Å². The molecule has 3 N–H and O–H groups in total. The molecule has 3 rings (SSSR count). The molecule has 1 aromatic rings. The van der Waals surface area contributed by atoms with Crippen molar-refractivity contribution in [2.75, 3.05) is 18.1 Å². The van der Waals surface area contributed by atoms with E-state index in [0.29, 0.717) is 11.7 Å². The van der Waals surface area contributed by atoms with Crippen molar-refractivity contribution in [2.45, 2.75) is 50.6 Å². The van der Waals surface area contributed by atoms with E-state index in [1.165, 1.54) is 32.1 Å². The Balaban J connectivity index is 1.79. The largest absolute Gasteiger partial charge is 0.397 e. The van der Waals surface area contributed by atoms with Gasteiger partial charge in [0.25, 0.3) is 0 Å². The lowest BCUT2D eigenvalue weighted by Gasteiger charge is -2.38. The first-order valence-electron chi connectivity index (χ1n) is 7.57. The van der Waals surface area contributed by atoms with Crippen molar-refractivity contribution >= 4 is 17.3 Å². The van der Waals surface area contributed by atoms with Crippen LogP contribution in [0.15, 0.2) is 18.2 Å². The van der Waals surface area contributed by atoms with E-state index in [2.05, 4.69) is 23.3 Å². The molecule has 1 heterocycles. The first kappa shape index (κ1) is 13.4. The molecule has 0 radical (unpaired) electrons. The first-order valence-corrected chi connectivity index (χ1v) is 7.57. The van der Waals surface area contributed by atoms with Crippen molar-refractivity contribution in [3.63, 3.8) is 0 Å². The minimum atomic E-state index is -0.0626. The molecule has 1 fully saturated rings. The molecule has 0 saturated heterocycles. The Labute approximate surface area is 120 Å². The van der Waals surface area contributed by atoms with E-state index in [4.69, 9.17) is 5.73 Å². The van der Waals surface area contributed by atoms with Gasteiger partial charge in [-0.2, -0.15) is 0 Å². The number of carbonyl (C=O) groups is 1. The topological polar surface area (TPSA) is 58.4 Å². The van der Waals surface area contributed by atoms with Gasteiger partial charge in [-0.3, -0.25) is 9.69 Å². The van der Waals surface area contributed by atoms with Gasteiger partial charge in [0.15, 0.2) is 0 Å². The Kier molecular flexibility index (Phi) is 3.66. The van der Waals surface area contributed by atoms with Crippen LogP contribution in [0.3, 0.4) is 0 Å². The average Bonchev–Trinajstić information content (AvgIpc) is 2.48. The molecule has 4 heteroatoms. The van der Waals surface area contributed by atoms with Crippen LogP contribution in [0, 0.1) is 0 Å². The Hall–Kier alpha value is -1.55. The van der Waals surface area contributed by atoms with Crippen LogP contribution in [-0.2, 0) is 11.2 Å². The van der Waals surface area contributed by atoms with E-state index in [0.717, 1.165) is 17.7 Å². The molecular weight excluding hydrogens is 250 g/mol. The third kappa shape index (κ3) is 2.40. The molecule has 1 atom stereocenters. The van der Waals surface area contributed by atoms with Gasteiger partial charge in [0.05, 0.1) is 17.4 Å². The Morgan fingerprint density at radius 3 is 2.75 bits per heavy atom. The van der Waals surface area contributed by atoms with Crippen LogP contribution in [-0.4, -0.2) is 29.9 Å². The van der Waals surface area contributed by atoms with E-state index >= 15 is 0 Å². The molecule has 20 heavy (non-hydrogen) atoms. The van der Waals surface area contributed by atoms with E-state index in [1.54, 1.807) is 0 Å². The van der Waals surface area contributed by atoms with Crippen LogP contribution < -0.4 is 11.1 Å². The molecular formula is C16H23N3O. The quantitative estimate of drug-likeness (QED) is 0.813. The second-order valence-corrected chi connectivity index (χ2v) is 6.05. The Morgan fingerprint density at radius 1 is 1.25 bits per heavy atom. The maximum Gasteiger partial charge on any atom is 0.242 e. The maximum atomic E-state index is 12.4. The number of likely N-dealkylation sites (N-methyl/N-ethyl adjacent to an activating group) is 1. The molecule has 0 aromatic heterocycles. The van der Waals surface area contributed by atoms with Crippen molar-refractivity contribution < 1.29 is 4.79 Å². The predicted molar refractivity (Wildman–Crippen MR) is 81.6 cm³/mol. The molecule has 1 aliphatic heterocycles. The number of rotatable bonds is 2. The lowest BCUT2D eigenvalue weighted by atomic mass is 9.91. The summed E-state index contributed by atoms with van der Waals surface area (Å²) >= 11 is 0. The number of nitrogens with zero attached hydrogens (tertiary/aromatic N) is 1. The highest BCUT2D eigenvalue weighted by atomic mass is 16.2. The SMILES string of the molecule is CN(C1CCCCC1)C1Cc2cccc(N)c2NC1=O. The summed E-state index contributed by atoms with van der Waals surface area (Å²) in [5.41, 5.74) is 8.56. The number of anilines is 2. The lowest BCUT2D eigenvalue weighted by Crippen LogP contribution is -2.50. The molecule has 1 saturated carbocycles. The first-order chi connectivity index (χ1) is 9.66. The fraction of sp³-hybridized carbons (Fsp3) is 0.562. The molecule has 1 aromatic carbocycles. The number of amides is 1. The number of nitrogens with one attached hydrogen (secondary N) is 1. The van der Waals surface area contributed by atoms with E-state index in [-0.39, 0.29) is 11.9 Å². The third-order valence-corrected chi connectivity index (χ3v) is 4.79. The highest BCUT2D eigenvalue weighted by molar-refractivity contribution is 6.00. The smallest absolute Gasteiger partial charge is 0.242 e. The summed E-state index contributed by atoms with van der Waals surface area (Å²) in [6.07, 6.45) is 7.09. The summed E-state index contributed by atoms with van der Waals surface area (Å²) in [6, 6.07) is 6.34. The van der Waals surface area contributed by atoms with Crippen molar-refractivity contribution in [2.24, 2.45) is 0 Å². The minimum Gasteiger partial charge on any atom is -0.397 e. The van der Waals surface area contributed by atoms with Gasteiger partial charge in [-0.25, -0.2) is 0 Å². The zero-order chi connectivity index (χ0) is 14.1. The number of fused-ring (bicyclic) bond motifs is 1. The van der Waals surface area contributed by atoms with Gasteiger partial charge in [-0.15, -0.1) is 0 Å². The molecule has 4 nitrogen and oxygen atoms in total. The number of carbonyl (C=O) groups excluding carboxylic acids is 1. The Morgan fingerprint density at radius 2 is 2.00 bits per heavy atom. The Bertz CT molecular complexity index is 508. The second kappa shape index (κ2) is 5.44. The summed E-state index contributed by atoms with van der Waals surface area (Å²) in [6.45, 7) is 0. The van der Waals surface area contributed by atoms with E-state index < -0.39 is 0 Å². The van der Waals surface area contributed by atoms with E-state index in [9.17, 15) is 4.79 Å². The molecule has 0 spiro atoms. The second-order valence-electron chi connectivity index (χ2n) is 6.05. The highest BCUT2D eigenvalue weighted by Crippen LogP contribution is 2.31. The number of para-hydroxylation sites is 1. The van der Waals surface area contributed by atoms with Crippen LogP contribution in [0.1, 0.15) is 37.7 Å². The summed E-state index contributed by atoms with van der Waals surface area (Å²) < 4.78 is 0. The summed E-state index contributed by atoms with van der Waals surface area (Å²) in [5, 5.41) is 2.99. The van der Waals surface area contributed by atoms with Crippen LogP contribution in [0.5, 0.6) is 0 Å². The van der Waals surface area contributed by atoms with Gasteiger partial charge >= 0.3 is 0 Å². The van der Waals surface area contributed by atoms with Gasteiger partial charge in [0.2, 0.25) is 5.91 Å². The van der Waals surface area contributed by atoms with Crippen LogP contribution in [0.2, 0.25) is 0 Å². The number of benzene rings is 1. The van der Waals surface area contributed by atoms with Crippen molar-refractivity contribution in [1.29, 1.82) is 0 Å². The van der Waals surface area contributed by atoms with Gasteiger partial charge in [-0.05, 0) is 37.9 Å². The summed E-state index contributed by atoms with van der Waals surface area (Å²) in [4.78, 5) is 14.7. The standard InChI is InChI=1S/C16H23N3O/c1-19(12-7-3-2-4-8-12)14-10-11-6-5-9-13(17)15(11)18-16(14)20/h5-6,9,12,14H,2-4,7-8,10,17H2,1H3,(H,18,20). The van der Waals surface area contributed by atoms with Crippen molar-refractivity contribution in [3.05, 3.63) is 23.8 Å². The summed E-state index contributed by atoms with van der Waals surface area (Å²) in [5.74, 6) is 0.0865. The minimum absolute atomic E-state index is 0.0626. The van der Waals surface area contributed by atoms with Crippen molar-refractivity contribution in [3.8, 4) is 0 Å². The number of nitrogens with two attached hydrogens (primary N) is 1. The molecule has 1 amide bonds. The fourth-order valence-corrected chi connectivity index (χ4v) is 3.52. The monoisotopic (exact) mass is 273 g/mol. The van der Waals surface area contributed by atoms with Gasteiger partial charge < -0.3 is 11.1 Å². The normalized spacial score (nSPS) is 23.5. The predicted octanol–water partition coefficient (Wildman–Crippen LogP) is 2.40. The van der Waals surface area contributed by atoms with Gasteiger partial charge in [0, 0.05) is 6.04 Å². The van der Waals surface area contributed by atoms with Gasteiger partial charge in [-0.1, -0.05) is 31.4 Å². The number of hydrogen-bond donors (Lipinski definition) is 2. The fourth-order valence-electron chi connectivity index (χ4n) is 3.52. The molecule has 2 aliphatic rings. The zero-order valence-electron chi connectivity index (χ0n) is 12.1. The third-order valence-electron chi connectivity index (χ3n) is 4.79. The van der Waals surface area contributed by atoms with Crippen LogP contribution in [0.4, 0.5) is 11.4 Å². The summed E-state index contributed by atoms with van der Waals surface area (Å²) in [7, 11) is 2.09. The molecule has 0 bridgehead atoms.